The Labute approximate surface area is 132 Å². The molecular formula is C16H26O6. The molecule has 0 fully saturated rings. The number of hydrogen-bond acceptors (Lipinski definition) is 6. The molecule has 126 valence electrons. The van der Waals surface area contributed by atoms with Crippen molar-refractivity contribution in [3.8, 4) is 0 Å². The van der Waals surface area contributed by atoms with Gasteiger partial charge in [0.15, 0.2) is 6.29 Å². The van der Waals surface area contributed by atoms with Gasteiger partial charge in [-0.1, -0.05) is 13.2 Å². The number of ether oxygens (including phenoxy) is 4. The van der Waals surface area contributed by atoms with Crippen LogP contribution in [0.25, 0.3) is 0 Å². The molecule has 0 aromatic rings. The SMILES string of the molecule is C=CC(=O)OCCCCOC(C)OCCCCOC(=O)C=C. The van der Waals surface area contributed by atoms with Crippen molar-refractivity contribution >= 4 is 11.9 Å². The molecule has 22 heavy (non-hydrogen) atoms. The van der Waals surface area contributed by atoms with Gasteiger partial charge in [-0.2, -0.15) is 0 Å². The largest absolute Gasteiger partial charge is 0.463 e. The maximum absolute atomic E-state index is 10.8. The minimum absolute atomic E-state index is 0.286. The Morgan fingerprint density at radius 3 is 1.55 bits per heavy atom. The molecular weight excluding hydrogens is 288 g/mol. The Morgan fingerprint density at radius 1 is 0.818 bits per heavy atom. The molecule has 0 spiro atoms. The van der Waals surface area contributed by atoms with Gasteiger partial charge in [0.25, 0.3) is 0 Å². The summed E-state index contributed by atoms with van der Waals surface area (Å²) in [6.07, 6.45) is 5.05. The van der Waals surface area contributed by atoms with Crippen molar-refractivity contribution < 1.29 is 28.5 Å². The van der Waals surface area contributed by atoms with Crippen molar-refractivity contribution in [2.45, 2.75) is 38.9 Å². The smallest absolute Gasteiger partial charge is 0.330 e. The van der Waals surface area contributed by atoms with Gasteiger partial charge in [0.1, 0.15) is 0 Å². The van der Waals surface area contributed by atoms with E-state index >= 15 is 0 Å². The molecule has 6 nitrogen and oxygen atoms in total. The highest BCUT2D eigenvalue weighted by Crippen LogP contribution is 2.00. The number of unbranched alkanes of at least 4 members (excludes halogenated alkanes) is 2. The number of rotatable bonds is 14. The van der Waals surface area contributed by atoms with Crippen molar-refractivity contribution in [3.63, 3.8) is 0 Å². The predicted octanol–water partition coefficient (Wildman–Crippen LogP) is 2.38. The molecule has 0 heterocycles. The third-order valence-electron chi connectivity index (χ3n) is 2.60. The number of carbonyl (C=O) groups is 2. The van der Waals surface area contributed by atoms with Crippen LogP contribution >= 0.6 is 0 Å². The third-order valence-corrected chi connectivity index (χ3v) is 2.60. The van der Waals surface area contributed by atoms with Gasteiger partial charge < -0.3 is 18.9 Å². The zero-order chi connectivity index (χ0) is 16.6. The number of hydrogen-bond donors (Lipinski definition) is 0. The zero-order valence-electron chi connectivity index (χ0n) is 13.3. The Bertz CT molecular complexity index is 308. The van der Waals surface area contributed by atoms with Gasteiger partial charge in [0.05, 0.1) is 13.2 Å². The van der Waals surface area contributed by atoms with E-state index in [1.165, 1.54) is 0 Å². The summed E-state index contributed by atoms with van der Waals surface area (Å²) in [5, 5.41) is 0. The maximum atomic E-state index is 10.8. The van der Waals surface area contributed by atoms with Gasteiger partial charge in [-0.05, 0) is 32.6 Å². The molecule has 0 radical (unpaired) electrons. The topological polar surface area (TPSA) is 71.1 Å². The van der Waals surface area contributed by atoms with E-state index in [4.69, 9.17) is 18.9 Å². The summed E-state index contributed by atoms with van der Waals surface area (Å²) in [7, 11) is 0. The lowest BCUT2D eigenvalue weighted by Crippen LogP contribution is -2.15. The van der Waals surface area contributed by atoms with Crippen molar-refractivity contribution in [2.24, 2.45) is 0 Å². The first-order chi connectivity index (χ1) is 10.6. The molecule has 0 amide bonds. The van der Waals surface area contributed by atoms with Gasteiger partial charge >= 0.3 is 11.9 Å². The van der Waals surface area contributed by atoms with E-state index in [1.807, 2.05) is 6.92 Å². The van der Waals surface area contributed by atoms with E-state index in [-0.39, 0.29) is 6.29 Å². The molecule has 0 saturated carbocycles. The van der Waals surface area contributed by atoms with Crippen molar-refractivity contribution in [1.82, 2.24) is 0 Å². The second-order valence-electron chi connectivity index (χ2n) is 4.47. The van der Waals surface area contributed by atoms with E-state index in [1.54, 1.807) is 0 Å². The Kier molecular flexibility index (Phi) is 13.2. The molecule has 0 aliphatic heterocycles. The van der Waals surface area contributed by atoms with Crippen LogP contribution in [-0.4, -0.2) is 44.7 Å². The summed E-state index contributed by atoms with van der Waals surface area (Å²) < 4.78 is 20.6. The molecule has 0 bridgehead atoms. The minimum atomic E-state index is -0.406. The quantitative estimate of drug-likeness (QED) is 0.212. The van der Waals surface area contributed by atoms with E-state index in [2.05, 4.69) is 13.2 Å². The van der Waals surface area contributed by atoms with E-state index in [9.17, 15) is 9.59 Å². The molecule has 0 rings (SSSR count). The van der Waals surface area contributed by atoms with E-state index in [0.717, 1.165) is 37.8 Å². The van der Waals surface area contributed by atoms with Crippen LogP contribution in [0, 0.1) is 0 Å². The second-order valence-corrected chi connectivity index (χ2v) is 4.47. The average molecular weight is 314 g/mol. The van der Waals surface area contributed by atoms with Gasteiger partial charge in [-0.25, -0.2) is 9.59 Å². The first-order valence-corrected chi connectivity index (χ1v) is 7.41. The summed E-state index contributed by atoms with van der Waals surface area (Å²) in [6, 6.07) is 0. The first-order valence-electron chi connectivity index (χ1n) is 7.41. The Balaban J connectivity index is 3.30. The second kappa shape index (κ2) is 14.3. The predicted molar refractivity (Wildman–Crippen MR) is 82.1 cm³/mol. The Hall–Kier alpha value is -1.66. The summed E-state index contributed by atoms with van der Waals surface area (Å²) in [4.78, 5) is 21.6. The molecule has 0 saturated heterocycles. The van der Waals surface area contributed by atoms with Crippen LogP contribution < -0.4 is 0 Å². The summed E-state index contributed by atoms with van der Waals surface area (Å²) in [5.41, 5.74) is 0. The normalized spacial score (nSPS) is 10.3. The Morgan fingerprint density at radius 2 is 1.18 bits per heavy atom. The molecule has 0 atom stereocenters. The van der Waals surface area contributed by atoms with Gasteiger partial charge in [0, 0.05) is 25.4 Å². The molecule has 6 heteroatoms. The molecule has 0 unspecified atom stereocenters. The van der Waals surface area contributed by atoms with Crippen molar-refractivity contribution in [2.75, 3.05) is 26.4 Å². The monoisotopic (exact) mass is 314 g/mol. The summed E-state index contributed by atoms with van der Waals surface area (Å²) in [6.45, 7) is 10.3. The van der Waals surface area contributed by atoms with Crippen molar-refractivity contribution in [1.29, 1.82) is 0 Å². The van der Waals surface area contributed by atoms with Gasteiger partial charge in [-0.3, -0.25) is 0 Å². The van der Waals surface area contributed by atoms with Crippen LogP contribution in [0.4, 0.5) is 0 Å². The fourth-order valence-electron chi connectivity index (χ4n) is 1.42. The minimum Gasteiger partial charge on any atom is -0.463 e. The zero-order valence-corrected chi connectivity index (χ0v) is 13.3. The van der Waals surface area contributed by atoms with Gasteiger partial charge in [0.2, 0.25) is 0 Å². The third kappa shape index (κ3) is 13.3. The highest BCUT2D eigenvalue weighted by Gasteiger charge is 2.02. The highest BCUT2D eigenvalue weighted by molar-refractivity contribution is 5.81. The standard InChI is InChI=1S/C16H26O6/c1-4-15(17)21-12-8-6-10-19-14(3)20-11-7-9-13-22-16(18)5-2/h4-5,14H,1-2,6-13H2,3H3. The van der Waals surface area contributed by atoms with E-state index < -0.39 is 11.9 Å². The summed E-state index contributed by atoms with van der Waals surface area (Å²) in [5.74, 6) is -0.812. The van der Waals surface area contributed by atoms with E-state index in [0.29, 0.717) is 26.4 Å². The highest BCUT2D eigenvalue weighted by atomic mass is 16.7. The lowest BCUT2D eigenvalue weighted by atomic mass is 10.3. The van der Waals surface area contributed by atoms with Crippen LogP contribution in [0.5, 0.6) is 0 Å². The number of esters is 2. The molecule has 0 aromatic heterocycles. The number of carbonyl (C=O) groups excluding carboxylic acids is 2. The molecule has 0 aliphatic rings. The van der Waals surface area contributed by atoms with Crippen LogP contribution in [0.1, 0.15) is 32.6 Å². The first kappa shape index (κ1) is 20.3. The van der Waals surface area contributed by atoms with Gasteiger partial charge in [-0.15, -0.1) is 0 Å². The molecule has 0 aromatic carbocycles. The van der Waals surface area contributed by atoms with Crippen LogP contribution in [0.2, 0.25) is 0 Å². The lowest BCUT2D eigenvalue weighted by Gasteiger charge is -2.14. The van der Waals surface area contributed by atoms with Crippen LogP contribution in [0.3, 0.4) is 0 Å². The van der Waals surface area contributed by atoms with Crippen LogP contribution in [0.15, 0.2) is 25.3 Å². The fourth-order valence-corrected chi connectivity index (χ4v) is 1.42. The summed E-state index contributed by atoms with van der Waals surface area (Å²) >= 11 is 0. The molecule has 0 aliphatic carbocycles. The average Bonchev–Trinajstić information content (AvgIpc) is 2.53. The van der Waals surface area contributed by atoms with Crippen LogP contribution in [-0.2, 0) is 28.5 Å². The lowest BCUT2D eigenvalue weighted by molar-refractivity contribution is -0.140. The molecule has 0 N–H and O–H groups in total. The maximum Gasteiger partial charge on any atom is 0.330 e. The van der Waals surface area contributed by atoms with Crippen molar-refractivity contribution in [3.05, 3.63) is 25.3 Å². The fraction of sp³-hybridized carbons (Fsp3) is 0.625.